The number of carbonyl (C=O) groups is 2. The first-order chi connectivity index (χ1) is 11.3. The average molecular weight is 356 g/mol. The molecular formula is C15H20N2O6S. The van der Waals surface area contributed by atoms with Crippen LogP contribution in [0.2, 0.25) is 0 Å². The molecule has 8 nitrogen and oxygen atoms in total. The lowest BCUT2D eigenvalue weighted by atomic mass is 10.2. The molecule has 9 heteroatoms. The number of carboxylic acid groups (broad SMARTS) is 2. The van der Waals surface area contributed by atoms with Crippen molar-refractivity contribution in [3.8, 4) is 0 Å². The van der Waals surface area contributed by atoms with Gasteiger partial charge in [0.2, 0.25) is 0 Å². The highest BCUT2D eigenvalue weighted by molar-refractivity contribution is 7.10. The van der Waals surface area contributed by atoms with Crippen LogP contribution in [0.3, 0.4) is 0 Å². The zero-order valence-corrected chi connectivity index (χ0v) is 13.9. The van der Waals surface area contributed by atoms with Crippen molar-refractivity contribution in [1.29, 1.82) is 0 Å². The van der Waals surface area contributed by atoms with Crippen LogP contribution in [-0.2, 0) is 9.59 Å². The number of rotatable bonds is 5. The van der Waals surface area contributed by atoms with Crippen molar-refractivity contribution in [1.82, 2.24) is 4.90 Å². The van der Waals surface area contributed by atoms with Crippen LogP contribution in [0.1, 0.15) is 11.3 Å². The van der Waals surface area contributed by atoms with E-state index in [0.717, 1.165) is 18.9 Å². The van der Waals surface area contributed by atoms with Crippen molar-refractivity contribution in [2.24, 2.45) is 4.99 Å². The van der Waals surface area contributed by atoms with E-state index in [1.807, 2.05) is 0 Å². The van der Waals surface area contributed by atoms with Gasteiger partial charge in [-0.05, 0) is 30.0 Å². The number of thiophene rings is 1. The molecule has 1 aliphatic heterocycles. The Morgan fingerprint density at radius 1 is 1.25 bits per heavy atom. The number of likely N-dealkylation sites (N-methyl/N-ethyl adjacent to an activating group) is 1. The molecule has 2 rings (SSSR count). The Balaban J connectivity index is 0.000000257. The minimum absolute atomic E-state index is 0.967. The number of carboxylic acids is 2. The molecule has 0 bridgehead atoms. The maximum absolute atomic E-state index is 9.77. The first-order valence-corrected chi connectivity index (χ1v) is 7.99. The fourth-order valence-corrected chi connectivity index (χ4v) is 2.35. The second-order valence-electron chi connectivity index (χ2n) is 4.93. The molecule has 132 valence electrons. The van der Waals surface area contributed by atoms with Crippen molar-refractivity contribution in [3.05, 3.63) is 28.5 Å². The summed E-state index contributed by atoms with van der Waals surface area (Å²) in [6.45, 7) is 2.09. The minimum Gasteiger partial charge on any atom is -0.479 e. The van der Waals surface area contributed by atoms with Crippen molar-refractivity contribution >= 4 is 35.2 Å². The highest BCUT2D eigenvalue weighted by Gasteiger charge is 2.29. The third kappa shape index (κ3) is 6.49. The van der Waals surface area contributed by atoms with Crippen LogP contribution in [0.4, 0.5) is 0 Å². The van der Waals surface area contributed by atoms with Gasteiger partial charge in [0.1, 0.15) is 5.84 Å². The summed E-state index contributed by atoms with van der Waals surface area (Å²) < 4.78 is 0. The SMILES string of the molecule is CN1CCCN=C1C=Cc1cccs1.O=C(O)[C@H](O)[C@@H](O)C(=O)O. The van der Waals surface area contributed by atoms with Crippen LogP contribution in [-0.4, -0.2) is 75.4 Å². The third-order valence-corrected chi connectivity index (χ3v) is 3.90. The minimum atomic E-state index is -2.27. The van der Waals surface area contributed by atoms with Crippen LogP contribution in [0.5, 0.6) is 0 Å². The van der Waals surface area contributed by atoms with Gasteiger partial charge in [-0.15, -0.1) is 11.3 Å². The van der Waals surface area contributed by atoms with Crippen LogP contribution in [0.15, 0.2) is 28.6 Å². The van der Waals surface area contributed by atoms with Crippen molar-refractivity contribution in [2.45, 2.75) is 18.6 Å². The van der Waals surface area contributed by atoms with E-state index in [1.54, 1.807) is 11.3 Å². The second kappa shape index (κ2) is 9.81. The molecule has 24 heavy (non-hydrogen) atoms. The quantitative estimate of drug-likeness (QED) is 0.599. The Kier molecular flexibility index (Phi) is 8.10. The number of aliphatic carboxylic acids is 2. The number of amidine groups is 1. The lowest BCUT2D eigenvalue weighted by Gasteiger charge is -2.22. The normalized spacial score (nSPS) is 16.8. The van der Waals surface area contributed by atoms with Gasteiger partial charge in [0, 0.05) is 25.0 Å². The number of nitrogens with zero attached hydrogens (tertiary/aromatic N) is 2. The molecule has 1 aromatic heterocycles. The monoisotopic (exact) mass is 356 g/mol. The summed E-state index contributed by atoms with van der Waals surface area (Å²) in [4.78, 5) is 27.5. The summed E-state index contributed by atoms with van der Waals surface area (Å²) in [5.74, 6) is -2.44. The van der Waals surface area contributed by atoms with Gasteiger partial charge >= 0.3 is 11.9 Å². The molecule has 1 aromatic rings. The fourth-order valence-electron chi connectivity index (χ4n) is 1.73. The Morgan fingerprint density at radius 2 is 1.88 bits per heavy atom. The molecule has 0 amide bonds. The molecule has 0 fully saturated rings. The molecule has 4 N–H and O–H groups in total. The van der Waals surface area contributed by atoms with Gasteiger partial charge in [0.15, 0.2) is 12.2 Å². The Labute approximate surface area is 143 Å². The standard InChI is InChI=1S/C11H14N2S.C4H6O6/c1-13-8-3-7-12-11(13)6-5-10-4-2-9-14-10;5-1(3(7)8)2(6)4(9)10/h2,4-6,9H,3,7-8H2,1H3;1-2,5-6H,(H,7,8)(H,9,10)/t;1-,2-/m.1/s1. The molecule has 0 unspecified atom stereocenters. The van der Waals surface area contributed by atoms with E-state index in [1.165, 1.54) is 11.3 Å². The van der Waals surface area contributed by atoms with Crippen molar-refractivity contribution in [2.75, 3.05) is 20.1 Å². The maximum atomic E-state index is 9.77. The van der Waals surface area contributed by atoms with E-state index in [-0.39, 0.29) is 0 Å². The van der Waals surface area contributed by atoms with Crippen LogP contribution >= 0.6 is 11.3 Å². The first-order valence-electron chi connectivity index (χ1n) is 7.12. The molecule has 2 atom stereocenters. The van der Waals surface area contributed by atoms with Gasteiger partial charge < -0.3 is 25.3 Å². The number of hydrogen-bond acceptors (Lipinski definition) is 7. The number of aliphatic hydroxyl groups excluding tert-OH is 2. The largest absolute Gasteiger partial charge is 0.479 e. The zero-order valence-electron chi connectivity index (χ0n) is 13.1. The Morgan fingerprint density at radius 3 is 2.33 bits per heavy atom. The topological polar surface area (TPSA) is 131 Å². The van der Waals surface area contributed by atoms with Crippen LogP contribution in [0, 0.1) is 0 Å². The number of aliphatic imine (C=N–C) groups is 1. The van der Waals surface area contributed by atoms with Gasteiger partial charge in [-0.1, -0.05) is 6.07 Å². The fraction of sp³-hybridized carbons (Fsp3) is 0.400. The summed E-state index contributed by atoms with van der Waals surface area (Å²) in [7, 11) is 2.09. The second-order valence-corrected chi connectivity index (χ2v) is 5.91. The lowest BCUT2D eigenvalue weighted by molar-refractivity contribution is -0.165. The van der Waals surface area contributed by atoms with Gasteiger partial charge in [-0.2, -0.15) is 0 Å². The van der Waals surface area contributed by atoms with Crippen LogP contribution < -0.4 is 0 Å². The predicted octanol–water partition coefficient (Wildman–Crippen LogP) is 0.373. The number of aliphatic hydroxyl groups is 2. The molecule has 0 spiro atoms. The van der Waals surface area contributed by atoms with Gasteiger partial charge in [0.25, 0.3) is 0 Å². The predicted molar refractivity (Wildman–Crippen MR) is 90.2 cm³/mol. The molecule has 1 aliphatic rings. The number of hydrogen-bond donors (Lipinski definition) is 4. The van der Waals surface area contributed by atoms with E-state index in [9.17, 15) is 9.59 Å². The van der Waals surface area contributed by atoms with E-state index in [2.05, 4.69) is 46.6 Å². The highest BCUT2D eigenvalue weighted by Crippen LogP contribution is 2.11. The highest BCUT2D eigenvalue weighted by atomic mass is 32.1. The first kappa shape index (κ1) is 19.8. The summed E-state index contributed by atoms with van der Waals surface area (Å²) in [5, 5.41) is 34.6. The van der Waals surface area contributed by atoms with Gasteiger partial charge in [-0.3, -0.25) is 4.99 Å². The van der Waals surface area contributed by atoms with Crippen LogP contribution in [0.25, 0.3) is 6.08 Å². The van der Waals surface area contributed by atoms with E-state index >= 15 is 0 Å². The van der Waals surface area contributed by atoms with Crippen molar-refractivity contribution in [3.63, 3.8) is 0 Å². The summed E-state index contributed by atoms with van der Waals surface area (Å²) in [5.41, 5.74) is 0. The molecule has 0 saturated heterocycles. The molecule has 0 aliphatic carbocycles. The molecule has 0 radical (unpaired) electrons. The van der Waals surface area contributed by atoms with E-state index < -0.39 is 24.1 Å². The van der Waals surface area contributed by atoms with E-state index in [0.29, 0.717) is 0 Å². The van der Waals surface area contributed by atoms with Gasteiger partial charge in [0.05, 0.1) is 0 Å². The summed E-state index contributed by atoms with van der Waals surface area (Å²) in [6.07, 6.45) is 0.874. The summed E-state index contributed by atoms with van der Waals surface area (Å²) in [6, 6.07) is 4.18. The van der Waals surface area contributed by atoms with Gasteiger partial charge in [-0.25, -0.2) is 9.59 Å². The van der Waals surface area contributed by atoms with Crippen molar-refractivity contribution < 1.29 is 30.0 Å². The maximum Gasteiger partial charge on any atom is 0.335 e. The zero-order chi connectivity index (χ0) is 18.1. The molecule has 0 aromatic carbocycles. The lowest BCUT2D eigenvalue weighted by Crippen LogP contribution is -2.39. The summed E-state index contributed by atoms with van der Waals surface area (Å²) >= 11 is 1.75. The average Bonchev–Trinajstić information content (AvgIpc) is 3.06. The third-order valence-electron chi connectivity index (χ3n) is 3.06. The Hall–Kier alpha value is -2.23. The molecule has 0 saturated carbocycles. The molecule has 2 heterocycles. The Bertz CT molecular complexity index is 581. The molecular weight excluding hydrogens is 336 g/mol. The van der Waals surface area contributed by atoms with E-state index in [4.69, 9.17) is 20.4 Å². The smallest absolute Gasteiger partial charge is 0.335 e.